The van der Waals surface area contributed by atoms with Gasteiger partial charge in [-0.05, 0) is 26.0 Å². The minimum atomic E-state index is -0.481. The van der Waals surface area contributed by atoms with Gasteiger partial charge in [-0.3, -0.25) is 0 Å². The predicted octanol–water partition coefficient (Wildman–Crippen LogP) is 0.760. The molecule has 1 heterocycles. The highest BCUT2D eigenvalue weighted by molar-refractivity contribution is 5.67. The van der Waals surface area contributed by atoms with Crippen LogP contribution in [0.2, 0.25) is 0 Å². The molecule has 0 bridgehead atoms. The van der Waals surface area contributed by atoms with E-state index in [1.807, 2.05) is 27.7 Å². The summed E-state index contributed by atoms with van der Waals surface area (Å²) >= 11 is 0. The van der Waals surface area contributed by atoms with Gasteiger partial charge >= 0.3 is 6.09 Å². The quantitative estimate of drug-likeness (QED) is 0.841. The van der Waals surface area contributed by atoms with Crippen molar-refractivity contribution < 1.29 is 9.53 Å². The van der Waals surface area contributed by atoms with Crippen molar-refractivity contribution in [2.45, 2.75) is 46.3 Å². The van der Waals surface area contributed by atoms with Gasteiger partial charge < -0.3 is 10.1 Å². The number of carbonyl (C=O) groups is 1. The van der Waals surface area contributed by atoms with Crippen molar-refractivity contribution in [1.82, 2.24) is 25.5 Å². The van der Waals surface area contributed by atoms with Crippen molar-refractivity contribution in [2.24, 2.45) is 0 Å². The molecule has 96 valence electrons. The monoisotopic (exact) mass is 241 g/mol. The van der Waals surface area contributed by atoms with E-state index >= 15 is 0 Å². The van der Waals surface area contributed by atoms with E-state index in [-0.39, 0.29) is 0 Å². The molecule has 7 nitrogen and oxygen atoms in total. The molecular weight excluding hydrogens is 222 g/mol. The average molecular weight is 241 g/mol. The molecule has 0 unspecified atom stereocenters. The van der Waals surface area contributed by atoms with Crippen LogP contribution in [0.4, 0.5) is 4.79 Å². The maximum absolute atomic E-state index is 11.3. The fourth-order valence-electron chi connectivity index (χ4n) is 1.08. The van der Waals surface area contributed by atoms with Crippen molar-refractivity contribution in [3.05, 3.63) is 5.82 Å². The number of rotatable bonds is 4. The standard InChI is InChI=1S/C10H19N5O2/c1-5-8-12-14-15(13-8)7-6-11-9(16)17-10(2,3)4/h5-7H2,1-4H3,(H,11,16). The van der Waals surface area contributed by atoms with E-state index in [2.05, 4.69) is 20.7 Å². The zero-order valence-corrected chi connectivity index (χ0v) is 10.7. The van der Waals surface area contributed by atoms with Gasteiger partial charge in [0, 0.05) is 13.0 Å². The van der Waals surface area contributed by atoms with Crippen molar-refractivity contribution in [2.75, 3.05) is 6.54 Å². The molecule has 1 aromatic rings. The SMILES string of the molecule is CCc1nnn(CCNC(=O)OC(C)(C)C)n1. The van der Waals surface area contributed by atoms with Crippen LogP contribution < -0.4 is 5.32 Å². The Hall–Kier alpha value is -1.66. The number of aromatic nitrogens is 4. The summed E-state index contributed by atoms with van der Waals surface area (Å²) in [5.41, 5.74) is -0.481. The van der Waals surface area contributed by atoms with E-state index in [4.69, 9.17) is 4.74 Å². The molecule has 0 spiro atoms. The highest BCUT2D eigenvalue weighted by atomic mass is 16.6. The lowest BCUT2D eigenvalue weighted by molar-refractivity contribution is 0.0525. The molecule has 0 aliphatic heterocycles. The van der Waals surface area contributed by atoms with E-state index in [0.717, 1.165) is 6.42 Å². The van der Waals surface area contributed by atoms with Gasteiger partial charge in [-0.15, -0.1) is 10.2 Å². The third kappa shape index (κ3) is 5.28. The van der Waals surface area contributed by atoms with Gasteiger partial charge in [0.15, 0.2) is 5.82 Å². The van der Waals surface area contributed by atoms with Crippen LogP contribution in [0.5, 0.6) is 0 Å². The van der Waals surface area contributed by atoms with Gasteiger partial charge in [-0.1, -0.05) is 6.92 Å². The van der Waals surface area contributed by atoms with Crippen molar-refractivity contribution in [1.29, 1.82) is 0 Å². The summed E-state index contributed by atoms with van der Waals surface area (Å²) < 4.78 is 5.09. The number of nitrogens with zero attached hydrogens (tertiary/aromatic N) is 4. The average Bonchev–Trinajstić information content (AvgIpc) is 2.63. The van der Waals surface area contributed by atoms with E-state index in [9.17, 15) is 4.79 Å². The molecule has 0 saturated carbocycles. The van der Waals surface area contributed by atoms with Crippen LogP contribution in [0.25, 0.3) is 0 Å². The molecule has 0 aliphatic carbocycles. The lowest BCUT2D eigenvalue weighted by atomic mass is 10.2. The fraction of sp³-hybridized carbons (Fsp3) is 0.800. The van der Waals surface area contributed by atoms with Crippen molar-refractivity contribution in [3.63, 3.8) is 0 Å². The summed E-state index contributed by atoms with van der Waals surface area (Å²) in [6, 6.07) is 0. The summed E-state index contributed by atoms with van der Waals surface area (Å²) in [7, 11) is 0. The van der Waals surface area contributed by atoms with E-state index in [1.54, 1.807) is 0 Å². The summed E-state index contributed by atoms with van der Waals surface area (Å²) in [5.74, 6) is 0.697. The summed E-state index contributed by atoms with van der Waals surface area (Å²) in [6.07, 6.45) is 0.313. The van der Waals surface area contributed by atoms with Crippen LogP contribution in [0.3, 0.4) is 0 Å². The second-order valence-corrected chi connectivity index (χ2v) is 4.58. The van der Waals surface area contributed by atoms with Crippen LogP contribution >= 0.6 is 0 Å². The third-order valence-electron chi connectivity index (χ3n) is 1.79. The minimum absolute atomic E-state index is 0.411. The summed E-state index contributed by atoms with van der Waals surface area (Å²) in [6.45, 7) is 8.30. The second kappa shape index (κ2) is 5.60. The van der Waals surface area contributed by atoms with E-state index in [1.165, 1.54) is 4.80 Å². The molecule has 0 radical (unpaired) electrons. The Bertz CT molecular complexity index is 369. The number of nitrogens with one attached hydrogen (secondary N) is 1. The lowest BCUT2D eigenvalue weighted by Gasteiger charge is -2.19. The number of carbonyl (C=O) groups excluding carboxylic acids is 1. The van der Waals surface area contributed by atoms with Crippen LogP contribution in [-0.2, 0) is 17.7 Å². The van der Waals surface area contributed by atoms with Crippen molar-refractivity contribution >= 4 is 6.09 Å². The molecule has 7 heteroatoms. The predicted molar refractivity (Wildman–Crippen MR) is 61.4 cm³/mol. The normalized spacial score (nSPS) is 11.3. The van der Waals surface area contributed by atoms with Crippen LogP contribution in [0, 0.1) is 0 Å². The zero-order chi connectivity index (χ0) is 12.9. The minimum Gasteiger partial charge on any atom is -0.444 e. The van der Waals surface area contributed by atoms with Gasteiger partial charge in [0.25, 0.3) is 0 Å². The number of amides is 1. The number of ether oxygens (including phenoxy) is 1. The molecule has 17 heavy (non-hydrogen) atoms. The molecule has 0 atom stereocenters. The highest BCUT2D eigenvalue weighted by Gasteiger charge is 2.15. The maximum Gasteiger partial charge on any atom is 0.407 e. The largest absolute Gasteiger partial charge is 0.444 e. The zero-order valence-electron chi connectivity index (χ0n) is 10.7. The molecule has 0 saturated heterocycles. The molecule has 0 aliphatic rings. The first kappa shape index (κ1) is 13.4. The lowest BCUT2D eigenvalue weighted by Crippen LogP contribution is -2.34. The van der Waals surface area contributed by atoms with Crippen LogP contribution in [0.1, 0.15) is 33.5 Å². The topological polar surface area (TPSA) is 81.9 Å². The van der Waals surface area contributed by atoms with Gasteiger partial charge in [-0.2, -0.15) is 4.80 Å². The highest BCUT2D eigenvalue weighted by Crippen LogP contribution is 2.06. The Labute approximate surface area is 101 Å². The molecule has 1 rings (SSSR count). The number of alkyl carbamates (subject to hydrolysis) is 1. The van der Waals surface area contributed by atoms with Crippen LogP contribution in [-0.4, -0.2) is 38.4 Å². The summed E-state index contributed by atoms with van der Waals surface area (Å²) in [5, 5.41) is 14.4. The van der Waals surface area contributed by atoms with Gasteiger partial charge in [-0.25, -0.2) is 4.79 Å². The van der Waals surface area contributed by atoms with Crippen LogP contribution in [0.15, 0.2) is 0 Å². The smallest absolute Gasteiger partial charge is 0.407 e. The Balaban J connectivity index is 2.26. The fourth-order valence-corrected chi connectivity index (χ4v) is 1.08. The number of hydrogen-bond acceptors (Lipinski definition) is 5. The molecule has 1 N–H and O–H groups in total. The molecule has 1 aromatic heterocycles. The molecular formula is C10H19N5O2. The first-order valence-electron chi connectivity index (χ1n) is 5.64. The Morgan fingerprint density at radius 2 is 2.18 bits per heavy atom. The van der Waals surface area contributed by atoms with E-state index < -0.39 is 11.7 Å². The number of tetrazole rings is 1. The molecule has 0 fully saturated rings. The van der Waals surface area contributed by atoms with Gasteiger partial charge in [0.1, 0.15) is 5.60 Å². The second-order valence-electron chi connectivity index (χ2n) is 4.58. The van der Waals surface area contributed by atoms with Gasteiger partial charge in [0.2, 0.25) is 0 Å². The number of aryl methyl sites for hydroxylation is 1. The first-order valence-corrected chi connectivity index (χ1v) is 5.64. The Morgan fingerprint density at radius 1 is 1.47 bits per heavy atom. The first-order chi connectivity index (χ1) is 7.90. The maximum atomic E-state index is 11.3. The Morgan fingerprint density at radius 3 is 2.71 bits per heavy atom. The van der Waals surface area contributed by atoms with Gasteiger partial charge in [0.05, 0.1) is 6.54 Å². The summed E-state index contributed by atoms with van der Waals surface area (Å²) in [4.78, 5) is 12.8. The molecule has 1 amide bonds. The Kier molecular flexibility index (Phi) is 4.42. The molecule has 0 aromatic carbocycles. The third-order valence-corrected chi connectivity index (χ3v) is 1.79. The van der Waals surface area contributed by atoms with Crippen molar-refractivity contribution in [3.8, 4) is 0 Å². The van der Waals surface area contributed by atoms with E-state index in [0.29, 0.717) is 18.9 Å². The number of hydrogen-bond donors (Lipinski definition) is 1.